The molecule has 20 heavy (non-hydrogen) atoms. The predicted molar refractivity (Wildman–Crippen MR) is 91.8 cm³/mol. The Balaban J connectivity index is 2.56. The molecule has 0 bridgehead atoms. The average molecular weight is 286 g/mol. The lowest BCUT2D eigenvalue weighted by molar-refractivity contribution is 0.331. The van der Waals surface area contributed by atoms with Crippen LogP contribution >= 0.6 is 12.6 Å². The quantitative estimate of drug-likeness (QED) is 0.544. The van der Waals surface area contributed by atoms with Crippen LogP contribution in [-0.2, 0) is 10.8 Å². The third-order valence-electron chi connectivity index (χ3n) is 4.66. The van der Waals surface area contributed by atoms with Gasteiger partial charge in [-0.25, -0.2) is 0 Å². The van der Waals surface area contributed by atoms with Gasteiger partial charge in [0.05, 0.1) is 0 Å². The van der Waals surface area contributed by atoms with Crippen molar-refractivity contribution >= 4 is 12.6 Å². The number of benzene rings is 1. The molecule has 2 rings (SSSR count). The second kappa shape index (κ2) is 5.49. The molecule has 0 saturated carbocycles. The van der Waals surface area contributed by atoms with Crippen molar-refractivity contribution in [2.45, 2.75) is 64.7 Å². The zero-order valence-electron chi connectivity index (χ0n) is 13.4. The standard InChI is InChI=1S/C19H26S/c1-14-12-16-17(13-15(14)8-6-7-11-20)19(4,5)10-9-18(16,2)3/h12-13,20H,7,9-11H2,1-5H3. The minimum atomic E-state index is 0.262. The van der Waals surface area contributed by atoms with Crippen LogP contribution in [0.25, 0.3) is 0 Å². The Morgan fingerprint density at radius 2 is 1.60 bits per heavy atom. The molecule has 0 amide bonds. The van der Waals surface area contributed by atoms with Gasteiger partial charge in [-0.2, -0.15) is 12.6 Å². The Labute approximate surface area is 129 Å². The van der Waals surface area contributed by atoms with E-state index in [4.69, 9.17) is 0 Å². The van der Waals surface area contributed by atoms with Crippen molar-refractivity contribution in [3.05, 3.63) is 34.4 Å². The first-order valence-electron chi connectivity index (χ1n) is 7.53. The van der Waals surface area contributed by atoms with Crippen LogP contribution < -0.4 is 0 Å². The fourth-order valence-electron chi connectivity index (χ4n) is 3.07. The highest BCUT2D eigenvalue weighted by molar-refractivity contribution is 7.80. The van der Waals surface area contributed by atoms with E-state index in [0.717, 1.165) is 12.2 Å². The third kappa shape index (κ3) is 2.91. The molecule has 0 nitrogen and oxygen atoms in total. The molecule has 0 radical (unpaired) electrons. The number of fused-ring (bicyclic) bond motifs is 1. The van der Waals surface area contributed by atoms with Crippen LogP contribution in [-0.4, -0.2) is 5.75 Å². The van der Waals surface area contributed by atoms with Gasteiger partial charge < -0.3 is 0 Å². The van der Waals surface area contributed by atoms with Gasteiger partial charge >= 0.3 is 0 Å². The molecule has 1 aromatic rings. The van der Waals surface area contributed by atoms with Gasteiger partial charge in [-0.1, -0.05) is 45.6 Å². The molecular formula is C19H26S. The van der Waals surface area contributed by atoms with Gasteiger partial charge in [0.1, 0.15) is 0 Å². The lowest BCUT2D eigenvalue weighted by Crippen LogP contribution is -2.34. The molecule has 0 unspecified atom stereocenters. The van der Waals surface area contributed by atoms with Crippen molar-refractivity contribution < 1.29 is 0 Å². The summed E-state index contributed by atoms with van der Waals surface area (Å²) in [5.41, 5.74) is 6.06. The second-order valence-corrected chi connectivity index (χ2v) is 7.70. The van der Waals surface area contributed by atoms with Gasteiger partial charge in [-0.3, -0.25) is 0 Å². The van der Waals surface area contributed by atoms with Crippen LogP contribution in [0.4, 0.5) is 0 Å². The lowest BCUT2D eigenvalue weighted by Gasteiger charge is -2.42. The fourth-order valence-corrected chi connectivity index (χ4v) is 3.18. The van der Waals surface area contributed by atoms with E-state index in [1.54, 1.807) is 0 Å². The molecule has 0 spiro atoms. The number of rotatable bonds is 1. The Hall–Kier alpha value is -0.870. The maximum Gasteiger partial charge on any atom is 0.0277 e. The monoisotopic (exact) mass is 286 g/mol. The summed E-state index contributed by atoms with van der Waals surface area (Å²) in [4.78, 5) is 0. The fraction of sp³-hybridized carbons (Fsp3) is 0.579. The zero-order chi connectivity index (χ0) is 15.0. The average Bonchev–Trinajstić information content (AvgIpc) is 2.37. The highest BCUT2D eigenvalue weighted by atomic mass is 32.1. The van der Waals surface area contributed by atoms with E-state index in [1.807, 2.05) is 0 Å². The smallest absolute Gasteiger partial charge is 0.0277 e. The van der Waals surface area contributed by atoms with Crippen LogP contribution in [0.5, 0.6) is 0 Å². The molecule has 108 valence electrons. The zero-order valence-corrected chi connectivity index (χ0v) is 14.3. The molecular weight excluding hydrogens is 260 g/mol. The molecule has 1 aliphatic carbocycles. The normalized spacial score (nSPS) is 18.9. The van der Waals surface area contributed by atoms with E-state index >= 15 is 0 Å². The Morgan fingerprint density at radius 3 is 2.15 bits per heavy atom. The number of hydrogen-bond acceptors (Lipinski definition) is 1. The van der Waals surface area contributed by atoms with Gasteiger partial charge in [0.25, 0.3) is 0 Å². The van der Waals surface area contributed by atoms with E-state index in [0.29, 0.717) is 0 Å². The van der Waals surface area contributed by atoms with Gasteiger partial charge in [-0.05, 0) is 53.4 Å². The van der Waals surface area contributed by atoms with Crippen molar-refractivity contribution in [2.75, 3.05) is 5.75 Å². The molecule has 1 aliphatic rings. The van der Waals surface area contributed by atoms with Crippen LogP contribution in [0.1, 0.15) is 69.2 Å². The summed E-state index contributed by atoms with van der Waals surface area (Å²) in [6.07, 6.45) is 3.37. The summed E-state index contributed by atoms with van der Waals surface area (Å²) < 4.78 is 0. The maximum absolute atomic E-state index is 4.22. The molecule has 0 fully saturated rings. The summed E-state index contributed by atoms with van der Waals surface area (Å²) in [5.74, 6) is 7.38. The molecule has 0 atom stereocenters. The Morgan fingerprint density at radius 1 is 1.05 bits per heavy atom. The summed E-state index contributed by atoms with van der Waals surface area (Å²) >= 11 is 4.22. The largest absolute Gasteiger partial charge is 0.178 e. The summed E-state index contributed by atoms with van der Waals surface area (Å²) in [6, 6.07) is 4.72. The number of aryl methyl sites for hydroxylation is 1. The lowest BCUT2D eigenvalue weighted by atomic mass is 9.62. The number of hydrogen-bond donors (Lipinski definition) is 1. The first-order valence-corrected chi connectivity index (χ1v) is 8.16. The van der Waals surface area contributed by atoms with Crippen LogP contribution in [0, 0.1) is 18.8 Å². The molecule has 0 aromatic heterocycles. The predicted octanol–water partition coefficient (Wildman–Crippen LogP) is 5.02. The van der Waals surface area contributed by atoms with Gasteiger partial charge in [0.2, 0.25) is 0 Å². The number of thiol groups is 1. The van der Waals surface area contributed by atoms with Crippen molar-refractivity contribution in [3.8, 4) is 11.8 Å². The highest BCUT2D eigenvalue weighted by Gasteiger charge is 2.37. The molecule has 0 saturated heterocycles. The molecule has 0 aliphatic heterocycles. The van der Waals surface area contributed by atoms with E-state index < -0.39 is 0 Å². The van der Waals surface area contributed by atoms with E-state index in [9.17, 15) is 0 Å². The van der Waals surface area contributed by atoms with Crippen molar-refractivity contribution in [3.63, 3.8) is 0 Å². The van der Waals surface area contributed by atoms with Crippen LogP contribution in [0.3, 0.4) is 0 Å². The Kier molecular flexibility index (Phi) is 4.26. The minimum Gasteiger partial charge on any atom is -0.178 e. The van der Waals surface area contributed by atoms with E-state index in [2.05, 4.69) is 71.2 Å². The van der Waals surface area contributed by atoms with E-state index in [-0.39, 0.29) is 10.8 Å². The van der Waals surface area contributed by atoms with Gasteiger partial charge in [0.15, 0.2) is 0 Å². The SMILES string of the molecule is Cc1cc2c(cc1C#CCCS)C(C)(C)CCC2(C)C. The van der Waals surface area contributed by atoms with Crippen LogP contribution in [0.15, 0.2) is 12.1 Å². The first-order chi connectivity index (χ1) is 9.28. The summed E-state index contributed by atoms with van der Waals surface area (Å²) in [6.45, 7) is 11.6. The molecule has 0 heterocycles. The third-order valence-corrected chi connectivity index (χ3v) is 4.88. The maximum atomic E-state index is 4.22. The van der Waals surface area contributed by atoms with E-state index in [1.165, 1.54) is 35.1 Å². The topological polar surface area (TPSA) is 0 Å². The van der Waals surface area contributed by atoms with Crippen molar-refractivity contribution in [1.29, 1.82) is 0 Å². The first kappa shape index (κ1) is 15.5. The van der Waals surface area contributed by atoms with Gasteiger partial charge in [-0.15, -0.1) is 0 Å². The minimum absolute atomic E-state index is 0.262. The molecule has 1 heteroatoms. The summed E-state index contributed by atoms with van der Waals surface area (Å²) in [7, 11) is 0. The van der Waals surface area contributed by atoms with Crippen molar-refractivity contribution in [2.24, 2.45) is 0 Å². The summed E-state index contributed by atoms with van der Waals surface area (Å²) in [5, 5.41) is 0. The molecule has 1 aromatic carbocycles. The van der Waals surface area contributed by atoms with Gasteiger partial charge in [0, 0.05) is 17.7 Å². The Bertz CT molecular complexity index is 567. The molecule has 0 N–H and O–H groups in total. The van der Waals surface area contributed by atoms with Crippen molar-refractivity contribution in [1.82, 2.24) is 0 Å². The second-order valence-electron chi connectivity index (χ2n) is 7.26. The van der Waals surface area contributed by atoms with Crippen LogP contribution in [0.2, 0.25) is 0 Å². The highest BCUT2D eigenvalue weighted by Crippen LogP contribution is 2.46.